The molecule has 1 fully saturated rings. The summed E-state index contributed by atoms with van der Waals surface area (Å²) in [5.74, 6) is 1.48. The maximum atomic E-state index is 5.77. The lowest BCUT2D eigenvalue weighted by atomic mass is 10.0. The smallest absolute Gasteiger partial charge is 0.191 e. The van der Waals surface area contributed by atoms with Gasteiger partial charge in [-0.1, -0.05) is 24.3 Å². The van der Waals surface area contributed by atoms with Gasteiger partial charge in [0.2, 0.25) is 0 Å². The van der Waals surface area contributed by atoms with Crippen molar-refractivity contribution in [3.63, 3.8) is 0 Å². The van der Waals surface area contributed by atoms with Crippen LogP contribution in [0.3, 0.4) is 0 Å². The van der Waals surface area contributed by atoms with E-state index < -0.39 is 0 Å². The zero-order valence-corrected chi connectivity index (χ0v) is 9.56. The van der Waals surface area contributed by atoms with Crippen LogP contribution in [0.4, 0.5) is 0 Å². The molecule has 0 bridgehead atoms. The quantitative estimate of drug-likeness (QED) is 0.818. The molecule has 0 spiro atoms. The van der Waals surface area contributed by atoms with E-state index in [9.17, 15) is 0 Å². The average molecular weight is 215 g/mol. The van der Waals surface area contributed by atoms with Crippen molar-refractivity contribution < 1.29 is 0 Å². The van der Waals surface area contributed by atoms with Gasteiger partial charge in [-0.3, -0.25) is 4.99 Å². The summed E-state index contributed by atoms with van der Waals surface area (Å²) < 4.78 is 0. The van der Waals surface area contributed by atoms with E-state index in [-0.39, 0.29) is 0 Å². The van der Waals surface area contributed by atoms with E-state index in [1.54, 1.807) is 0 Å². The fraction of sp³-hybridized carbons (Fsp3) is 0.462. The minimum absolute atomic E-state index is 0.327. The molecule has 2 aliphatic rings. The summed E-state index contributed by atoms with van der Waals surface area (Å²) in [5, 5.41) is 0. The van der Waals surface area contributed by atoms with Crippen LogP contribution in [0.1, 0.15) is 35.9 Å². The number of nitrogens with zero attached hydrogens (tertiary/aromatic N) is 2. The van der Waals surface area contributed by atoms with Gasteiger partial charge in [-0.25, -0.2) is 0 Å². The lowest BCUT2D eigenvalue weighted by Gasteiger charge is -2.21. The molecule has 0 radical (unpaired) electrons. The standard InChI is InChI=1S/C13H17N3/c1-16-12(8-15-13(16)14)11-6-4-10(5-7-11)9-2-3-9/h4-7,9,12H,2-3,8H2,1H3,(H2,14,15). The molecule has 1 atom stereocenters. The highest BCUT2D eigenvalue weighted by atomic mass is 15.3. The summed E-state index contributed by atoms with van der Waals surface area (Å²) in [6, 6.07) is 9.30. The van der Waals surface area contributed by atoms with Crippen molar-refractivity contribution in [1.82, 2.24) is 4.90 Å². The minimum Gasteiger partial charge on any atom is -0.370 e. The third-order valence-electron chi connectivity index (χ3n) is 3.63. The Labute approximate surface area is 96.0 Å². The molecule has 1 aliphatic heterocycles. The molecule has 3 nitrogen and oxygen atoms in total. The van der Waals surface area contributed by atoms with Crippen LogP contribution in [0.5, 0.6) is 0 Å². The summed E-state index contributed by atoms with van der Waals surface area (Å²) in [4.78, 5) is 6.31. The molecule has 1 saturated carbocycles. The van der Waals surface area contributed by atoms with Crippen molar-refractivity contribution in [2.75, 3.05) is 13.6 Å². The van der Waals surface area contributed by atoms with Gasteiger partial charge in [0.15, 0.2) is 5.96 Å². The van der Waals surface area contributed by atoms with Crippen molar-refractivity contribution >= 4 is 5.96 Å². The van der Waals surface area contributed by atoms with Crippen molar-refractivity contribution in [1.29, 1.82) is 0 Å². The van der Waals surface area contributed by atoms with Crippen LogP contribution in [0.15, 0.2) is 29.3 Å². The second-order valence-electron chi connectivity index (χ2n) is 4.77. The topological polar surface area (TPSA) is 41.6 Å². The summed E-state index contributed by atoms with van der Waals surface area (Å²) in [6.45, 7) is 0.783. The Morgan fingerprint density at radius 2 is 1.81 bits per heavy atom. The van der Waals surface area contributed by atoms with E-state index in [1.807, 2.05) is 11.9 Å². The molecule has 0 amide bonds. The Bertz CT molecular complexity index is 417. The van der Waals surface area contributed by atoms with Gasteiger partial charge in [-0.2, -0.15) is 0 Å². The number of likely N-dealkylation sites (N-methyl/N-ethyl adjacent to an activating group) is 1. The van der Waals surface area contributed by atoms with Gasteiger partial charge in [0.1, 0.15) is 0 Å². The summed E-state index contributed by atoms with van der Waals surface area (Å²) in [5.41, 5.74) is 8.57. The maximum Gasteiger partial charge on any atom is 0.191 e. The summed E-state index contributed by atoms with van der Waals surface area (Å²) in [7, 11) is 2.01. The Kier molecular flexibility index (Phi) is 2.13. The minimum atomic E-state index is 0.327. The Morgan fingerprint density at radius 1 is 1.19 bits per heavy atom. The fourth-order valence-electron chi connectivity index (χ4n) is 2.31. The Morgan fingerprint density at radius 3 is 2.31 bits per heavy atom. The average Bonchev–Trinajstić information content (AvgIpc) is 3.09. The van der Waals surface area contributed by atoms with Crippen LogP contribution in [0, 0.1) is 0 Å². The highest BCUT2D eigenvalue weighted by Crippen LogP contribution is 2.40. The number of aliphatic imine (C=N–C) groups is 1. The van der Waals surface area contributed by atoms with Crippen molar-refractivity contribution in [3.05, 3.63) is 35.4 Å². The van der Waals surface area contributed by atoms with E-state index in [2.05, 4.69) is 29.3 Å². The van der Waals surface area contributed by atoms with Crippen molar-refractivity contribution in [3.8, 4) is 0 Å². The van der Waals surface area contributed by atoms with Gasteiger partial charge in [-0.05, 0) is 29.9 Å². The van der Waals surface area contributed by atoms with Crippen LogP contribution in [-0.2, 0) is 0 Å². The largest absolute Gasteiger partial charge is 0.370 e. The molecule has 0 saturated heterocycles. The zero-order chi connectivity index (χ0) is 11.1. The molecule has 16 heavy (non-hydrogen) atoms. The predicted octanol–water partition coefficient (Wildman–Crippen LogP) is 1.87. The lowest BCUT2D eigenvalue weighted by molar-refractivity contribution is 0.414. The van der Waals surface area contributed by atoms with Crippen molar-refractivity contribution in [2.24, 2.45) is 10.7 Å². The molecule has 3 heteroatoms. The zero-order valence-electron chi connectivity index (χ0n) is 9.56. The second kappa shape index (κ2) is 3.51. The molecule has 84 valence electrons. The van der Waals surface area contributed by atoms with Crippen LogP contribution < -0.4 is 5.73 Å². The highest BCUT2D eigenvalue weighted by molar-refractivity contribution is 5.80. The van der Waals surface area contributed by atoms with E-state index in [4.69, 9.17) is 5.73 Å². The predicted molar refractivity (Wildman–Crippen MR) is 65.4 cm³/mol. The SMILES string of the molecule is CN1C(N)=NCC1c1ccc(C2CC2)cc1. The summed E-state index contributed by atoms with van der Waals surface area (Å²) >= 11 is 0. The van der Waals surface area contributed by atoms with E-state index in [0.717, 1.165) is 12.5 Å². The van der Waals surface area contributed by atoms with Gasteiger partial charge >= 0.3 is 0 Å². The number of hydrogen-bond acceptors (Lipinski definition) is 3. The van der Waals surface area contributed by atoms with Gasteiger partial charge in [0.25, 0.3) is 0 Å². The molecule has 0 aromatic heterocycles. The van der Waals surface area contributed by atoms with E-state index >= 15 is 0 Å². The molecule has 2 N–H and O–H groups in total. The van der Waals surface area contributed by atoms with E-state index in [1.165, 1.54) is 24.0 Å². The number of hydrogen-bond donors (Lipinski definition) is 1. The Balaban J connectivity index is 1.79. The Hall–Kier alpha value is -1.51. The van der Waals surface area contributed by atoms with E-state index in [0.29, 0.717) is 12.0 Å². The third-order valence-corrected chi connectivity index (χ3v) is 3.63. The normalized spacial score (nSPS) is 24.7. The monoisotopic (exact) mass is 215 g/mol. The first-order valence-corrected chi connectivity index (χ1v) is 5.88. The second-order valence-corrected chi connectivity index (χ2v) is 4.77. The van der Waals surface area contributed by atoms with Gasteiger partial charge in [0.05, 0.1) is 12.6 Å². The molecule has 1 unspecified atom stereocenters. The molecule has 1 heterocycles. The summed E-state index contributed by atoms with van der Waals surface area (Å²) in [6.07, 6.45) is 2.72. The van der Waals surface area contributed by atoms with Gasteiger partial charge < -0.3 is 10.6 Å². The fourth-order valence-corrected chi connectivity index (χ4v) is 2.31. The van der Waals surface area contributed by atoms with Gasteiger partial charge in [0, 0.05) is 7.05 Å². The number of rotatable bonds is 2. The van der Waals surface area contributed by atoms with Crippen molar-refractivity contribution in [2.45, 2.75) is 24.8 Å². The van der Waals surface area contributed by atoms with Crippen LogP contribution in [0.2, 0.25) is 0 Å². The van der Waals surface area contributed by atoms with Crippen LogP contribution in [-0.4, -0.2) is 24.5 Å². The first-order chi connectivity index (χ1) is 7.75. The molecular weight excluding hydrogens is 198 g/mol. The number of benzene rings is 1. The lowest BCUT2D eigenvalue weighted by Crippen LogP contribution is -2.32. The molecule has 1 aromatic carbocycles. The van der Waals surface area contributed by atoms with Crippen LogP contribution >= 0.6 is 0 Å². The molecular formula is C13H17N3. The molecule has 3 rings (SSSR count). The number of nitrogens with two attached hydrogens (primary N) is 1. The van der Waals surface area contributed by atoms with Crippen LogP contribution in [0.25, 0.3) is 0 Å². The third kappa shape index (κ3) is 1.56. The van der Waals surface area contributed by atoms with Gasteiger partial charge in [-0.15, -0.1) is 0 Å². The first kappa shape index (κ1) is 9.70. The maximum absolute atomic E-state index is 5.77. The molecule has 1 aromatic rings. The highest BCUT2D eigenvalue weighted by Gasteiger charge is 2.26. The molecule has 1 aliphatic carbocycles. The number of guanidine groups is 1. The first-order valence-electron chi connectivity index (χ1n) is 5.88.